The Morgan fingerprint density at radius 2 is 1.89 bits per heavy atom. The molecule has 0 atom stereocenters. The number of allylic oxidation sites excluding steroid dienone is 1. The number of rotatable bonds is 9. The molecule has 0 fully saturated rings. The standard InChI is InChI=1S/C14H24O4/c1-4-17-13(15)10-8-6-5-7-9-11-14(16)18-12(2)3/h8,10,12H,4-7,9,11H2,1-3H3. The minimum absolute atomic E-state index is 0.0370. The van der Waals surface area contributed by atoms with Crippen molar-refractivity contribution in [1.29, 1.82) is 0 Å². The maximum atomic E-state index is 11.2. The van der Waals surface area contributed by atoms with Crippen LogP contribution in [0.5, 0.6) is 0 Å². The molecule has 0 saturated heterocycles. The fourth-order valence-corrected chi connectivity index (χ4v) is 1.40. The van der Waals surface area contributed by atoms with Gasteiger partial charge < -0.3 is 9.47 Å². The number of hydrogen-bond acceptors (Lipinski definition) is 4. The van der Waals surface area contributed by atoms with E-state index in [1.54, 1.807) is 6.92 Å². The van der Waals surface area contributed by atoms with Crippen LogP contribution in [0.4, 0.5) is 0 Å². The highest BCUT2D eigenvalue weighted by atomic mass is 16.5. The Bertz CT molecular complexity index is 269. The highest BCUT2D eigenvalue weighted by molar-refractivity contribution is 5.81. The van der Waals surface area contributed by atoms with Gasteiger partial charge in [-0.25, -0.2) is 4.79 Å². The third-order valence-electron chi connectivity index (χ3n) is 2.16. The van der Waals surface area contributed by atoms with Crippen LogP contribution in [-0.4, -0.2) is 24.6 Å². The second-order valence-corrected chi connectivity index (χ2v) is 4.29. The fourth-order valence-electron chi connectivity index (χ4n) is 1.40. The maximum absolute atomic E-state index is 11.2. The minimum Gasteiger partial charge on any atom is -0.463 e. The summed E-state index contributed by atoms with van der Waals surface area (Å²) in [5, 5.41) is 0. The summed E-state index contributed by atoms with van der Waals surface area (Å²) >= 11 is 0. The van der Waals surface area contributed by atoms with Gasteiger partial charge in [0.25, 0.3) is 0 Å². The van der Waals surface area contributed by atoms with Gasteiger partial charge in [0.05, 0.1) is 12.7 Å². The van der Waals surface area contributed by atoms with E-state index in [0.29, 0.717) is 13.0 Å². The average molecular weight is 256 g/mol. The number of esters is 2. The normalized spacial score (nSPS) is 10.9. The van der Waals surface area contributed by atoms with Crippen molar-refractivity contribution in [2.24, 2.45) is 0 Å². The van der Waals surface area contributed by atoms with Crippen molar-refractivity contribution in [1.82, 2.24) is 0 Å². The number of hydrogen-bond donors (Lipinski definition) is 0. The van der Waals surface area contributed by atoms with E-state index in [-0.39, 0.29) is 18.0 Å². The van der Waals surface area contributed by atoms with Crippen molar-refractivity contribution >= 4 is 11.9 Å². The predicted molar refractivity (Wildman–Crippen MR) is 70.1 cm³/mol. The minimum atomic E-state index is -0.294. The Labute approximate surface area is 109 Å². The van der Waals surface area contributed by atoms with Crippen LogP contribution in [0, 0.1) is 0 Å². The molecule has 0 N–H and O–H groups in total. The Morgan fingerprint density at radius 3 is 2.50 bits per heavy atom. The molecule has 0 aliphatic heterocycles. The first kappa shape index (κ1) is 16.7. The van der Waals surface area contributed by atoms with E-state index in [1.165, 1.54) is 6.08 Å². The molecule has 0 aromatic carbocycles. The van der Waals surface area contributed by atoms with Gasteiger partial charge in [0.1, 0.15) is 0 Å². The summed E-state index contributed by atoms with van der Waals surface area (Å²) < 4.78 is 9.77. The second kappa shape index (κ2) is 10.8. The third-order valence-corrected chi connectivity index (χ3v) is 2.16. The summed E-state index contributed by atoms with van der Waals surface area (Å²) in [7, 11) is 0. The van der Waals surface area contributed by atoms with Gasteiger partial charge in [-0.3, -0.25) is 4.79 Å². The lowest BCUT2D eigenvalue weighted by molar-refractivity contribution is -0.147. The Balaban J connectivity index is 3.41. The monoisotopic (exact) mass is 256 g/mol. The molecule has 18 heavy (non-hydrogen) atoms. The Kier molecular flexibility index (Phi) is 10.0. The van der Waals surface area contributed by atoms with Crippen molar-refractivity contribution in [3.8, 4) is 0 Å². The third kappa shape index (κ3) is 11.2. The predicted octanol–water partition coefficient (Wildman–Crippen LogP) is 3.01. The average Bonchev–Trinajstić information content (AvgIpc) is 2.27. The van der Waals surface area contributed by atoms with E-state index in [9.17, 15) is 9.59 Å². The molecule has 4 nitrogen and oxygen atoms in total. The van der Waals surface area contributed by atoms with Crippen LogP contribution in [0.15, 0.2) is 12.2 Å². The fraction of sp³-hybridized carbons (Fsp3) is 0.714. The molecule has 0 bridgehead atoms. The molecule has 0 unspecified atom stereocenters. The van der Waals surface area contributed by atoms with Crippen LogP contribution in [-0.2, 0) is 19.1 Å². The van der Waals surface area contributed by atoms with Crippen LogP contribution < -0.4 is 0 Å². The number of carbonyl (C=O) groups excluding carboxylic acids is 2. The maximum Gasteiger partial charge on any atom is 0.330 e. The molecule has 0 amide bonds. The quantitative estimate of drug-likeness (QED) is 0.361. The summed E-state index contributed by atoms with van der Waals surface area (Å²) in [6, 6.07) is 0. The number of ether oxygens (including phenoxy) is 2. The van der Waals surface area contributed by atoms with Crippen molar-refractivity contribution < 1.29 is 19.1 Å². The van der Waals surface area contributed by atoms with Gasteiger partial charge in [-0.15, -0.1) is 0 Å². The molecule has 0 aliphatic rings. The molecular weight excluding hydrogens is 232 g/mol. The Hall–Kier alpha value is -1.32. The van der Waals surface area contributed by atoms with Crippen molar-refractivity contribution in [3.05, 3.63) is 12.2 Å². The van der Waals surface area contributed by atoms with Crippen molar-refractivity contribution in [2.45, 2.75) is 59.0 Å². The molecule has 0 rings (SSSR count). The van der Waals surface area contributed by atoms with Gasteiger partial charge in [0, 0.05) is 12.5 Å². The van der Waals surface area contributed by atoms with Crippen LogP contribution in [0.2, 0.25) is 0 Å². The first-order valence-corrected chi connectivity index (χ1v) is 6.59. The molecule has 104 valence electrons. The SMILES string of the molecule is CCOC(=O)C=CCCCCCC(=O)OC(C)C. The van der Waals surface area contributed by atoms with E-state index in [4.69, 9.17) is 9.47 Å². The second-order valence-electron chi connectivity index (χ2n) is 4.29. The molecule has 0 spiro atoms. The van der Waals surface area contributed by atoms with E-state index in [2.05, 4.69) is 0 Å². The molecular formula is C14H24O4. The zero-order valence-corrected chi connectivity index (χ0v) is 11.6. The van der Waals surface area contributed by atoms with Crippen LogP contribution in [0.25, 0.3) is 0 Å². The summed E-state index contributed by atoms with van der Waals surface area (Å²) in [5.41, 5.74) is 0. The van der Waals surface area contributed by atoms with Crippen molar-refractivity contribution in [2.75, 3.05) is 6.61 Å². The summed E-state index contributed by atoms with van der Waals surface area (Å²) in [6.45, 7) is 5.87. The molecule has 0 aliphatic carbocycles. The van der Waals surface area contributed by atoms with Gasteiger partial charge >= 0.3 is 11.9 Å². The highest BCUT2D eigenvalue weighted by Gasteiger charge is 2.04. The van der Waals surface area contributed by atoms with E-state index in [1.807, 2.05) is 19.9 Å². The van der Waals surface area contributed by atoms with Gasteiger partial charge in [-0.1, -0.05) is 12.5 Å². The molecule has 0 saturated carbocycles. The van der Waals surface area contributed by atoms with Crippen LogP contribution in [0.3, 0.4) is 0 Å². The largest absolute Gasteiger partial charge is 0.463 e. The lowest BCUT2D eigenvalue weighted by Crippen LogP contribution is -2.10. The molecule has 0 heterocycles. The topological polar surface area (TPSA) is 52.6 Å². The first-order valence-electron chi connectivity index (χ1n) is 6.59. The van der Waals surface area contributed by atoms with Gasteiger partial charge in [-0.05, 0) is 40.0 Å². The summed E-state index contributed by atoms with van der Waals surface area (Å²) in [5.74, 6) is -0.426. The lowest BCUT2D eigenvalue weighted by Gasteiger charge is -2.06. The van der Waals surface area contributed by atoms with E-state index < -0.39 is 0 Å². The zero-order valence-electron chi connectivity index (χ0n) is 11.6. The van der Waals surface area contributed by atoms with Gasteiger partial charge in [-0.2, -0.15) is 0 Å². The van der Waals surface area contributed by atoms with Crippen LogP contribution >= 0.6 is 0 Å². The summed E-state index contributed by atoms with van der Waals surface area (Å²) in [4.78, 5) is 22.2. The van der Waals surface area contributed by atoms with E-state index >= 15 is 0 Å². The first-order chi connectivity index (χ1) is 8.56. The van der Waals surface area contributed by atoms with Crippen molar-refractivity contribution in [3.63, 3.8) is 0 Å². The zero-order chi connectivity index (χ0) is 13.8. The molecule has 0 radical (unpaired) electrons. The molecule has 0 aromatic rings. The molecule has 4 heteroatoms. The smallest absolute Gasteiger partial charge is 0.330 e. The molecule has 0 aromatic heterocycles. The Morgan fingerprint density at radius 1 is 1.17 bits per heavy atom. The number of carbonyl (C=O) groups is 2. The summed E-state index contributed by atoms with van der Waals surface area (Å²) in [6.07, 6.45) is 7.29. The van der Waals surface area contributed by atoms with Gasteiger partial charge in [0.2, 0.25) is 0 Å². The lowest BCUT2D eigenvalue weighted by atomic mass is 10.1. The van der Waals surface area contributed by atoms with Crippen LogP contribution in [0.1, 0.15) is 52.9 Å². The van der Waals surface area contributed by atoms with E-state index in [0.717, 1.165) is 25.7 Å². The van der Waals surface area contributed by atoms with Gasteiger partial charge in [0.15, 0.2) is 0 Å². The number of unbranched alkanes of at least 4 members (excludes halogenated alkanes) is 3. The highest BCUT2D eigenvalue weighted by Crippen LogP contribution is 2.05.